The molecular formula is C18H19IN6O. The molecule has 1 aromatic carbocycles. The van der Waals surface area contributed by atoms with Crippen LogP contribution < -0.4 is 16.6 Å². The number of aryl methyl sites for hydroxylation is 1. The first kappa shape index (κ1) is 18.3. The molecule has 134 valence electrons. The first-order valence-electron chi connectivity index (χ1n) is 8.14. The van der Waals surface area contributed by atoms with Crippen molar-refractivity contribution in [3.05, 3.63) is 57.8 Å². The average molecular weight is 462 g/mol. The van der Waals surface area contributed by atoms with E-state index in [1.807, 2.05) is 60.7 Å². The highest BCUT2D eigenvalue weighted by molar-refractivity contribution is 14.1. The van der Waals surface area contributed by atoms with Gasteiger partial charge in [0.2, 0.25) is 0 Å². The minimum Gasteiger partial charge on any atom is -0.383 e. The summed E-state index contributed by atoms with van der Waals surface area (Å²) >= 11 is 1.88. The molecule has 8 heteroatoms. The number of nitrogens with two attached hydrogens (primary N) is 1. The van der Waals surface area contributed by atoms with Crippen LogP contribution in [-0.4, -0.2) is 18.3 Å². The van der Waals surface area contributed by atoms with Gasteiger partial charge in [0.05, 0.1) is 17.5 Å². The van der Waals surface area contributed by atoms with Crippen molar-refractivity contribution in [2.75, 3.05) is 11.1 Å². The summed E-state index contributed by atoms with van der Waals surface area (Å²) in [6, 6.07) is 7.86. The zero-order valence-corrected chi connectivity index (χ0v) is 16.7. The minimum absolute atomic E-state index is 0.00367. The zero-order chi connectivity index (χ0) is 18.8. The van der Waals surface area contributed by atoms with Crippen LogP contribution >= 0.6 is 22.6 Å². The van der Waals surface area contributed by atoms with Crippen LogP contribution in [0.4, 0.5) is 11.6 Å². The number of rotatable bonds is 5. The topological polar surface area (TPSA) is 110 Å². The van der Waals surface area contributed by atoms with Gasteiger partial charge >= 0.3 is 0 Å². The lowest BCUT2D eigenvalue weighted by Crippen LogP contribution is -2.25. The third kappa shape index (κ3) is 3.28. The molecule has 0 radical (unpaired) electrons. The normalized spacial score (nSPS) is 10.9. The number of benzene rings is 1. The second-order valence-corrected chi connectivity index (χ2v) is 6.95. The van der Waals surface area contributed by atoms with Crippen molar-refractivity contribution in [2.45, 2.75) is 26.9 Å². The van der Waals surface area contributed by atoms with Crippen molar-refractivity contribution in [3.8, 4) is 0 Å². The van der Waals surface area contributed by atoms with Crippen molar-refractivity contribution in [1.29, 1.82) is 5.41 Å². The van der Waals surface area contributed by atoms with Gasteiger partial charge in [0, 0.05) is 12.2 Å². The maximum atomic E-state index is 12.9. The maximum Gasteiger partial charge on any atom is 0.258 e. The van der Waals surface area contributed by atoms with Crippen LogP contribution in [0.3, 0.4) is 0 Å². The third-order valence-corrected chi connectivity index (χ3v) is 4.82. The van der Waals surface area contributed by atoms with Crippen LogP contribution in [0.1, 0.15) is 23.7 Å². The van der Waals surface area contributed by atoms with Gasteiger partial charge in [-0.2, -0.15) is 0 Å². The molecule has 0 fully saturated rings. The number of fused-ring (bicyclic) bond motifs is 1. The predicted octanol–water partition coefficient (Wildman–Crippen LogP) is 3.07. The molecule has 0 atom stereocenters. The molecule has 4 N–H and O–H groups in total. The molecular weight excluding hydrogens is 443 g/mol. The fourth-order valence-corrected chi connectivity index (χ4v) is 3.57. The second kappa shape index (κ2) is 7.40. The van der Waals surface area contributed by atoms with E-state index in [1.54, 1.807) is 4.57 Å². The van der Waals surface area contributed by atoms with E-state index < -0.39 is 0 Å². The van der Waals surface area contributed by atoms with Crippen molar-refractivity contribution < 1.29 is 0 Å². The van der Waals surface area contributed by atoms with E-state index >= 15 is 0 Å². The third-order valence-electron chi connectivity index (χ3n) is 4.28. The van der Waals surface area contributed by atoms with Gasteiger partial charge in [-0.3, -0.25) is 10.2 Å². The number of halogens is 1. The Morgan fingerprint density at radius 3 is 2.85 bits per heavy atom. The molecule has 0 amide bonds. The average Bonchev–Trinajstić information content (AvgIpc) is 2.59. The van der Waals surface area contributed by atoms with E-state index in [2.05, 4.69) is 15.3 Å². The molecule has 2 heterocycles. The summed E-state index contributed by atoms with van der Waals surface area (Å²) in [4.78, 5) is 21.0. The van der Waals surface area contributed by atoms with E-state index in [1.165, 1.54) is 6.33 Å². The maximum absolute atomic E-state index is 12.9. The summed E-state index contributed by atoms with van der Waals surface area (Å²) in [5, 5.41) is 12.7. The summed E-state index contributed by atoms with van der Waals surface area (Å²) in [6.45, 7) is 4.86. The number of hydrogen-bond acceptors (Lipinski definition) is 6. The van der Waals surface area contributed by atoms with Crippen LogP contribution in [0.5, 0.6) is 0 Å². The highest BCUT2D eigenvalue weighted by Crippen LogP contribution is 2.22. The van der Waals surface area contributed by atoms with Gasteiger partial charge in [0.25, 0.3) is 5.56 Å². The Morgan fingerprint density at radius 2 is 2.15 bits per heavy atom. The van der Waals surface area contributed by atoms with Crippen LogP contribution in [0.15, 0.2) is 35.4 Å². The highest BCUT2D eigenvalue weighted by atomic mass is 127. The van der Waals surface area contributed by atoms with Gasteiger partial charge < -0.3 is 15.6 Å². The van der Waals surface area contributed by atoms with Gasteiger partial charge in [0.1, 0.15) is 21.7 Å². The van der Waals surface area contributed by atoms with Crippen molar-refractivity contribution in [3.63, 3.8) is 0 Å². The lowest BCUT2D eigenvalue weighted by atomic mass is 10.1. The monoisotopic (exact) mass is 462 g/mol. The summed E-state index contributed by atoms with van der Waals surface area (Å²) < 4.78 is 2.01. The molecule has 3 rings (SSSR count). The molecule has 2 aromatic heterocycles. The van der Waals surface area contributed by atoms with Gasteiger partial charge in [-0.1, -0.05) is 18.2 Å². The lowest BCUT2D eigenvalue weighted by Gasteiger charge is -2.16. The fourth-order valence-electron chi connectivity index (χ4n) is 3.04. The number of nitrogens with one attached hydrogen (secondary N) is 2. The first-order chi connectivity index (χ1) is 12.4. The molecule has 0 saturated heterocycles. The summed E-state index contributed by atoms with van der Waals surface area (Å²) in [6.07, 6.45) is 1.36. The molecule has 0 spiro atoms. The molecule has 3 aromatic rings. The molecule has 0 aliphatic heterocycles. The molecule has 0 bridgehead atoms. The number of nitrogen functional groups attached to an aromatic ring is 1. The number of aromatic nitrogens is 3. The Balaban J connectivity index is 2.04. The van der Waals surface area contributed by atoms with Crippen LogP contribution in [0, 0.1) is 12.3 Å². The standard InChI is InChI=1S/C18H19IN6O/c1-3-25-12(7-11-6-4-5-10(2)13(11)18(25)26)8-22-17-14(15(19)20)16(21)23-9-24-17/h4-7,9,20H,3,8H2,1-2H3,(H3,21,22,23,24). The second-order valence-electron chi connectivity index (χ2n) is 5.87. The van der Waals surface area contributed by atoms with E-state index in [-0.39, 0.29) is 15.1 Å². The van der Waals surface area contributed by atoms with Crippen LogP contribution in [0.2, 0.25) is 0 Å². The van der Waals surface area contributed by atoms with Gasteiger partial charge in [-0.25, -0.2) is 9.97 Å². The van der Waals surface area contributed by atoms with E-state index in [0.29, 0.717) is 24.5 Å². The number of pyridine rings is 1. The largest absolute Gasteiger partial charge is 0.383 e. The smallest absolute Gasteiger partial charge is 0.258 e. The van der Waals surface area contributed by atoms with Crippen molar-refractivity contribution in [2.24, 2.45) is 0 Å². The number of anilines is 2. The lowest BCUT2D eigenvalue weighted by molar-refractivity contribution is 0.689. The van der Waals surface area contributed by atoms with Gasteiger partial charge in [-0.15, -0.1) is 0 Å². The van der Waals surface area contributed by atoms with Gasteiger partial charge in [0.15, 0.2) is 0 Å². The van der Waals surface area contributed by atoms with E-state index in [0.717, 1.165) is 22.0 Å². The molecule has 7 nitrogen and oxygen atoms in total. The molecule has 0 saturated carbocycles. The van der Waals surface area contributed by atoms with Gasteiger partial charge in [-0.05, 0) is 53.5 Å². The fraction of sp³-hybridized carbons (Fsp3) is 0.222. The predicted molar refractivity (Wildman–Crippen MR) is 113 cm³/mol. The molecule has 26 heavy (non-hydrogen) atoms. The van der Waals surface area contributed by atoms with Crippen LogP contribution in [-0.2, 0) is 13.1 Å². The first-order valence-corrected chi connectivity index (χ1v) is 9.22. The summed E-state index contributed by atoms with van der Waals surface area (Å²) in [7, 11) is 0. The van der Waals surface area contributed by atoms with E-state index in [9.17, 15) is 4.79 Å². The van der Waals surface area contributed by atoms with Crippen LogP contribution in [0.25, 0.3) is 10.8 Å². The Bertz CT molecular complexity index is 1060. The minimum atomic E-state index is 0.00367. The number of hydrogen-bond donors (Lipinski definition) is 3. The Morgan fingerprint density at radius 1 is 1.38 bits per heavy atom. The molecule has 0 aliphatic rings. The van der Waals surface area contributed by atoms with Crippen molar-refractivity contribution >= 4 is 48.7 Å². The quantitative estimate of drug-likeness (QED) is 0.399. The SMILES string of the molecule is CCn1c(CNc2ncnc(N)c2C(=N)I)cc2cccc(C)c2c1=O. The van der Waals surface area contributed by atoms with Crippen molar-refractivity contribution in [1.82, 2.24) is 14.5 Å². The Labute approximate surface area is 164 Å². The number of nitrogens with zero attached hydrogens (tertiary/aromatic N) is 3. The summed E-state index contributed by atoms with van der Waals surface area (Å²) in [5.74, 6) is 0.736. The molecule has 0 unspecified atom stereocenters. The van der Waals surface area contributed by atoms with E-state index in [4.69, 9.17) is 11.1 Å². The summed E-state index contributed by atoms with van der Waals surface area (Å²) in [5.41, 5.74) is 8.16. The zero-order valence-electron chi connectivity index (χ0n) is 14.5. The highest BCUT2D eigenvalue weighted by Gasteiger charge is 2.14. The Hall–Kier alpha value is -2.49. The molecule has 0 aliphatic carbocycles. The Kier molecular flexibility index (Phi) is 5.21.